The maximum absolute atomic E-state index is 8.32. The molecule has 0 aliphatic rings. The minimum absolute atomic E-state index is 0.0825. The fourth-order valence-electron chi connectivity index (χ4n) is 0.173. The van der Waals surface area contributed by atoms with Crippen LogP contribution in [-0.2, 0) is 0 Å². The maximum atomic E-state index is 8.32. The number of aliphatic hydroxyl groups excluding tert-OH is 1. The van der Waals surface area contributed by atoms with Gasteiger partial charge in [0.25, 0.3) is 0 Å². The Kier molecular flexibility index (Phi) is 4.50. The van der Waals surface area contributed by atoms with E-state index < -0.39 is 0 Å². The summed E-state index contributed by atoms with van der Waals surface area (Å²) in [5.41, 5.74) is 5.67. The molecule has 2 nitrogen and oxygen atoms in total. The van der Waals surface area contributed by atoms with Gasteiger partial charge in [-0.15, -0.1) is 11.8 Å². The lowest BCUT2D eigenvalue weighted by Crippen LogP contribution is -1.99. The fourth-order valence-corrected chi connectivity index (χ4v) is 0.518. The molecule has 3 heteroatoms. The molecule has 0 bridgehead atoms. The van der Waals surface area contributed by atoms with Crippen LogP contribution in [0.5, 0.6) is 0 Å². The molecule has 0 aliphatic heterocycles. The third-order valence-corrected chi connectivity index (χ3v) is 1.13. The molecule has 0 aromatic heterocycles. The van der Waals surface area contributed by atoms with Crippen LogP contribution in [0.4, 0.5) is 0 Å². The van der Waals surface area contributed by atoms with Gasteiger partial charge in [-0.3, -0.25) is 0 Å². The molecule has 8 heavy (non-hydrogen) atoms. The molecule has 0 spiro atoms. The number of nitrogens with two attached hydrogens (primary N) is 1. The SMILES string of the molecule is C=CS/C=C(\N)CO. The van der Waals surface area contributed by atoms with Gasteiger partial charge in [-0.1, -0.05) is 6.58 Å². The molecule has 0 unspecified atom stereocenters. The zero-order valence-corrected chi connectivity index (χ0v) is 5.32. The van der Waals surface area contributed by atoms with Crippen LogP contribution in [0, 0.1) is 0 Å². The second-order valence-electron chi connectivity index (χ2n) is 1.15. The van der Waals surface area contributed by atoms with Crippen LogP contribution in [0.25, 0.3) is 0 Å². The van der Waals surface area contributed by atoms with Crippen LogP contribution in [0.3, 0.4) is 0 Å². The van der Waals surface area contributed by atoms with Crippen LogP contribution in [0.1, 0.15) is 0 Å². The first-order chi connectivity index (χ1) is 3.81. The van der Waals surface area contributed by atoms with Gasteiger partial charge in [0.1, 0.15) is 0 Å². The summed E-state index contributed by atoms with van der Waals surface area (Å²) in [7, 11) is 0. The Morgan fingerprint density at radius 3 is 2.88 bits per heavy atom. The van der Waals surface area contributed by atoms with Crippen molar-refractivity contribution in [3.8, 4) is 0 Å². The highest BCUT2D eigenvalue weighted by Gasteiger charge is 1.80. The van der Waals surface area contributed by atoms with E-state index in [0.717, 1.165) is 0 Å². The molecule has 46 valence electrons. The predicted octanol–water partition coefficient (Wildman–Crippen LogP) is 0.655. The molecule has 0 heterocycles. The van der Waals surface area contributed by atoms with Crippen LogP contribution >= 0.6 is 11.8 Å². The Balaban J connectivity index is 3.40. The summed E-state index contributed by atoms with van der Waals surface area (Å²) in [5, 5.41) is 11.6. The number of thioether (sulfide) groups is 1. The zero-order chi connectivity index (χ0) is 6.41. The quantitative estimate of drug-likeness (QED) is 0.591. The van der Waals surface area contributed by atoms with Gasteiger partial charge in [0, 0.05) is 5.70 Å². The molecule has 0 aromatic carbocycles. The van der Waals surface area contributed by atoms with E-state index in [4.69, 9.17) is 10.8 Å². The van der Waals surface area contributed by atoms with Crippen molar-refractivity contribution in [3.63, 3.8) is 0 Å². The maximum Gasteiger partial charge on any atom is 0.0830 e. The Labute approximate surface area is 53.1 Å². The number of hydrogen-bond acceptors (Lipinski definition) is 3. The second-order valence-corrected chi connectivity index (χ2v) is 1.99. The molecule has 0 saturated heterocycles. The molecule has 0 aliphatic carbocycles. The van der Waals surface area contributed by atoms with Crippen LogP contribution in [0.2, 0.25) is 0 Å². The lowest BCUT2D eigenvalue weighted by Gasteiger charge is -1.89. The molecular weight excluding hydrogens is 122 g/mol. The van der Waals surface area contributed by atoms with Crippen LogP contribution in [0.15, 0.2) is 23.1 Å². The highest BCUT2D eigenvalue weighted by atomic mass is 32.2. The number of hydrogen-bond donors (Lipinski definition) is 2. The summed E-state index contributed by atoms with van der Waals surface area (Å²) in [6.07, 6.45) is 0. The van der Waals surface area contributed by atoms with Crippen molar-refractivity contribution >= 4 is 11.8 Å². The molecule has 0 aromatic rings. The van der Waals surface area contributed by atoms with Crippen molar-refractivity contribution < 1.29 is 5.11 Å². The largest absolute Gasteiger partial charge is 0.400 e. The van der Waals surface area contributed by atoms with Crippen molar-refractivity contribution in [3.05, 3.63) is 23.1 Å². The Hall–Kier alpha value is -0.410. The van der Waals surface area contributed by atoms with E-state index in [1.54, 1.807) is 10.8 Å². The Morgan fingerprint density at radius 1 is 1.88 bits per heavy atom. The van der Waals surface area contributed by atoms with Gasteiger partial charge >= 0.3 is 0 Å². The van der Waals surface area contributed by atoms with Crippen molar-refractivity contribution in [2.45, 2.75) is 0 Å². The fraction of sp³-hybridized carbons (Fsp3) is 0.200. The Bertz CT molecular complexity index is 101. The summed E-state index contributed by atoms with van der Waals surface area (Å²) >= 11 is 1.36. The highest BCUT2D eigenvalue weighted by Crippen LogP contribution is 2.02. The normalized spacial score (nSPS) is 11.4. The van der Waals surface area contributed by atoms with E-state index in [-0.39, 0.29) is 6.61 Å². The molecule has 0 radical (unpaired) electrons. The topological polar surface area (TPSA) is 46.2 Å². The molecular formula is C5H9NOS. The van der Waals surface area contributed by atoms with Gasteiger partial charge in [-0.2, -0.15) is 0 Å². The first-order valence-electron chi connectivity index (χ1n) is 2.13. The van der Waals surface area contributed by atoms with Crippen molar-refractivity contribution in [1.29, 1.82) is 0 Å². The summed E-state index contributed by atoms with van der Waals surface area (Å²) in [6, 6.07) is 0. The molecule has 0 rings (SSSR count). The highest BCUT2D eigenvalue weighted by molar-refractivity contribution is 8.04. The molecule has 3 N–H and O–H groups in total. The van der Waals surface area contributed by atoms with E-state index in [1.807, 2.05) is 0 Å². The average Bonchev–Trinajstić information content (AvgIpc) is 1.83. The third-order valence-electron chi connectivity index (χ3n) is 0.498. The van der Waals surface area contributed by atoms with Gasteiger partial charge in [0.2, 0.25) is 0 Å². The lowest BCUT2D eigenvalue weighted by atomic mass is 10.6. The van der Waals surface area contributed by atoms with E-state index in [0.29, 0.717) is 5.70 Å². The van der Waals surface area contributed by atoms with E-state index in [9.17, 15) is 0 Å². The third kappa shape index (κ3) is 3.77. The van der Waals surface area contributed by atoms with E-state index in [1.165, 1.54) is 11.8 Å². The van der Waals surface area contributed by atoms with Gasteiger partial charge in [-0.05, 0) is 10.8 Å². The van der Waals surface area contributed by atoms with Crippen molar-refractivity contribution in [2.75, 3.05) is 6.61 Å². The smallest absolute Gasteiger partial charge is 0.0830 e. The van der Waals surface area contributed by atoms with Crippen LogP contribution in [-0.4, -0.2) is 11.7 Å². The Morgan fingerprint density at radius 2 is 2.50 bits per heavy atom. The van der Waals surface area contributed by atoms with E-state index >= 15 is 0 Å². The molecule has 0 fully saturated rings. The number of rotatable bonds is 3. The summed E-state index contributed by atoms with van der Waals surface area (Å²) < 4.78 is 0. The molecule has 0 atom stereocenters. The molecule has 0 saturated carbocycles. The lowest BCUT2D eigenvalue weighted by molar-refractivity contribution is 0.330. The predicted molar refractivity (Wildman–Crippen MR) is 37.1 cm³/mol. The molecule has 0 amide bonds. The van der Waals surface area contributed by atoms with Crippen molar-refractivity contribution in [2.24, 2.45) is 5.73 Å². The minimum Gasteiger partial charge on any atom is -0.400 e. The van der Waals surface area contributed by atoms with E-state index in [2.05, 4.69) is 6.58 Å². The number of aliphatic hydroxyl groups is 1. The standard InChI is InChI=1S/C5H9NOS/c1-2-8-4-5(6)3-7/h2,4,7H,1,3,6H2/b5-4-. The van der Waals surface area contributed by atoms with Gasteiger partial charge in [-0.25, -0.2) is 0 Å². The minimum atomic E-state index is -0.0825. The second kappa shape index (κ2) is 4.74. The van der Waals surface area contributed by atoms with Gasteiger partial charge < -0.3 is 10.8 Å². The summed E-state index contributed by atoms with van der Waals surface area (Å²) in [6.45, 7) is 3.37. The van der Waals surface area contributed by atoms with Gasteiger partial charge in [0.05, 0.1) is 6.61 Å². The first-order valence-corrected chi connectivity index (χ1v) is 3.07. The first kappa shape index (κ1) is 7.59. The summed E-state index contributed by atoms with van der Waals surface area (Å²) in [5.74, 6) is 0. The van der Waals surface area contributed by atoms with Crippen molar-refractivity contribution in [1.82, 2.24) is 0 Å². The van der Waals surface area contributed by atoms with Gasteiger partial charge in [0.15, 0.2) is 0 Å². The summed E-state index contributed by atoms with van der Waals surface area (Å²) in [4.78, 5) is 0. The van der Waals surface area contributed by atoms with Crippen LogP contribution < -0.4 is 5.73 Å². The monoisotopic (exact) mass is 131 g/mol. The zero-order valence-electron chi connectivity index (χ0n) is 4.50. The average molecular weight is 131 g/mol.